The van der Waals surface area contributed by atoms with Crippen molar-refractivity contribution in [2.75, 3.05) is 0 Å². The van der Waals surface area contributed by atoms with E-state index in [1.807, 2.05) is 71.2 Å². The van der Waals surface area contributed by atoms with Crippen LogP contribution in [-0.2, 0) is 5.54 Å². The molecule has 0 atom stereocenters. The lowest BCUT2D eigenvalue weighted by molar-refractivity contribution is 0.144. The molecule has 0 spiro atoms. The molecule has 0 aliphatic heterocycles. The summed E-state index contributed by atoms with van der Waals surface area (Å²) in [4.78, 5) is 16.5. The van der Waals surface area contributed by atoms with Gasteiger partial charge in [-0.2, -0.15) is 10.2 Å². The van der Waals surface area contributed by atoms with Crippen molar-refractivity contribution in [1.82, 2.24) is 30.1 Å². The Hall–Kier alpha value is -4.72. The monoisotopic (exact) mass is 476 g/mol. The Morgan fingerprint density at radius 1 is 1.08 bits per heavy atom. The van der Waals surface area contributed by atoms with Crippen LogP contribution in [0.3, 0.4) is 0 Å². The quantitative estimate of drug-likeness (QED) is 0.289. The third kappa shape index (κ3) is 3.54. The lowest BCUT2D eigenvalue weighted by Gasteiger charge is -2.42. The number of amides is 1. The summed E-state index contributed by atoms with van der Waals surface area (Å²) in [7, 11) is 0. The summed E-state index contributed by atoms with van der Waals surface area (Å²) in [6.45, 7) is 3.92. The standard InChI is InChI=1S/C28H24N6O2/c1-2-21-17-22(23-13-16-29-32-23)26-30-24(25(34(26)33-21)19-7-4-3-5-8-19)18-9-11-20(12-10-18)28(14-6-15-28)31-27(35)36/h2-5,7-13,16-17,31H,1,6,14-15H2,(H,29,32)(H,35,36). The Bertz CT molecular complexity index is 1570. The number of fused-ring (bicyclic) bond motifs is 1. The number of aromatic nitrogens is 5. The van der Waals surface area contributed by atoms with Crippen molar-refractivity contribution in [2.45, 2.75) is 24.8 Å². The van der Waals surface area contributed by atoms with Gasteiger partial charge >= 0.3 is 6.09 Å². The highest BCUT2D eigenvalue weighted by Crippen LogP contribution is 2.42. The zero-order valence-electron chi connectivity index (χ0n) is 19.5. The van der Waals surface area contributed by atoms with Crippen LogP contribution in [0.15, 0.2) is 79.5 Å². The number of nitrogens with zero attached hydrogens (tertiary/aromatic N) is 4. The maximum Gasteiger partial charge on any atom is 0.405 e. The van der Waals surface area contributed by atoms with E-state index in [0.717, 1.165) is 64.3 Å². The van der Waals surface area contributed by atoms with Crippen LogP contribution >= 0.6 is 0 Å². The van der Waals surface area contributed by atoms with Gasteiger partial charge in [-0.15, -0.1) is 0 Å². The second-order valence-corrected chi connectivity index (χ2v) is 9.01. The maximum atomic E-state index is 11.4. The highest BCUT2D eigenvalue weighted by atomic mass is 16.4. The van der Waals surface area contributed by atoms with E-state index in [0.29, 0.717) is 5.65 Å². The lowest BCUT2D eigenvalue weighted by Crippen LogP contribution is -2.50. The molecule has 3 heterocycles. The predicted octanol–water partition coefficient (Wildman–Crippen LogP) is 5.74. The van der Waals surface area contributed by atoms with Gasteiger partial charge < -0.3 is 10.4 Å². The number of hydrogen-bond donors (Lipinski definition) is 3. The average Bonchev–Trinajstić information content (AvgIpc) is 3.54. The molecule has 0 unspecified atom stereocenters. The largest absolute Gasteiger partial charge is 0.465 e. The third-order valence-electron chi connectivity index (χ3n) is 6.91. The predicted molar refractivity (Wildman–Crippen MR) is 138 cm³/mol. The minimum Gasteiger partial charge on any atom is -0.465 e. The number of aromatic amines is 1. The fourth-order valence-corrected chi connectivity index (χ4v) is 4.97. The first-order chi connectivity index (χ1) is 17.6. The molecule has 6 rings (SSSR count). The second-order valence-electron chi connectivity index (χ2n) is 9.01. The normalized spacial score (nSPS) is 14.3. The van der Waals surface area contributed by atoms with E-state index < -0.39 is 11.6 Å². The van der Waals surface area contributed by atoms with Crippen molar-refractivity contribution in [3.63, 3.8) is 0 Å². The maximum absolute atomic E-state index is 11.4. The van der Waals surface area contributed by atoms with Crippen molar-refractivity contribution in [3.05, 3.63) is 90.8 Å². The van der Waals surface area contributed by atoms with Crippen LogP contribution in [0.5, 0.6) is 0 Å². The minimum atomic E-state index is -0.999. The van der Waals surface area contributed by atoms with Gasteiger partial charge in [0.25, 0.3) is 0 Å². The Morgan fingerprint density at radius 2 is 1.86 bits per heavy atom. The van der Waals surface area contributed by atoms with Crippen LogP contribution in [0.1, 0.15) is 30.5 Å². The molecule has 0 saturated heterocycles. The molecular formula is C28H24N6O2. The van der Waals surface area contributed by atoms with Gasteiger partial charge in [-0.3, -0.25) is 5.10 Å². The van der Waals surface area contributed by atoms with E-state index in [4.69, 9.17) is 10.1 Å². The van der Waals surface area contributed by atoms with E-state index in [1.54, 1.807) is 12.3 Å². The van der Waals surface area contributed by atoms with Gasteiger partial charge in [0.05, 0.1) is 22.6 Å². The van der Waals surface area contributed by atoms with E-state index >= 15 is 0 Å². The first-order valence-corrected chi connectivity index (χ1v) is 11.8. The molecule has 2 aromatic carbocycles. The van der Waals surface area contributed by atoms with Crippen molar-refractivity contribution in [3.8, 4) is 33.8 Å². The SMILES string of the molecule is C=Cc1cc(-c2ccn[nH]2)c2nc(-c3ccc(C4(NC(=O)O)CCC4)cc3)c(-c3ccccc3)n2n1. The summed E-state index contributed by atoms with van der Waals surface area (Å²) >= 11 is 0. The first kappa shape index (κ1) is 21.8. The fraction of sp³-hybridized carbons (Fsp3) is 0.143. The van der Waals surface area contributed by atoms with Crippen LogP contribution in [0.25, 0.3) is 45.5 Å². The summed E-state index contributed by atoms with van der Waals surface area (Å²) in [5.41, 5.74) is 7.14. The molecule has 1 aliphatic rings. The second kappa shape index (κ2) is 8.49. The lowest BCUT2D eigenvalue weighted by atomic mass is 9.72. The highest BCUT2D eigenvalue weighted by Gasteiger charge is 2.40. The van der Waals surface area contributed by atoms with Crippen molar-refractivity contribution >= 4 is 17.8 Å². The summed E-state index contributed by atoms with van der Waals surface area (Å²) in [5.74, 6) is 0. The van der Waals surface area contributed by atoms with Crippen molar-refractivity contribution in [2.24, 2.45) is 0 Å². The number of carboxylic acid groups (broad SMARTS) is 1. The number of rotatable bonds is 6. The zero-order chi connectivity index (χ0) is 24.7. The van der Waals surface area contributed by atoms with E-state index in [9.17, 15) is 9.90 Å². The van der Waals surface area contributed by atoms with Gasteiger partial charge in [0.15, 0.2) is 5.65 Å². The van der Waals surface area contributed by atoms with Gasteiger partial charge in [-0.1, -0.05) is 61.2 Å². The summed E-state index contributed by atoms with van der Waals surface area (Å²) in [6, 6.07) is 21.9. The number of imidazole rings is 1. The third-order valence-corrected chi connectivity index (χ3v) is 6.91. The molecule has 8 heteroatoms. The topological polar surface area (TPSA) is 108 Å². The molecule has 178 valence electrons. The molecule has 5 aromatic rings. The molecule has 3 aromatic heterocycles. The smallest absolute Gasteiger partial charge is 0.405 e. The molecule has 36 heavy (non-hydrogen) atoms. The summed E-state index contributed by atoms with van der Waals surface area (Å²) in [6.07, 6.45) is 5.02. The molecule has 0 bridgehead atoms. The summed E-state index contributed by atoms with van der Waals surface area (Å²) < 4.78 is 1.87. The summed E-state index contributed by atoms with van der Waals surface area (Å²) in [5, 5.41) is 24.1. The number of H-pyrrole nitrogens is 1. The molecule has 1 fully saturated rings. The molecule has 0 radical (unpaired) electrons. The van der Waals surface area contributed by atoms with E-state index in [-0.39, 0.29) is 0 Å². The van der Waals surface area contributed by atoms with E-state index in [1.165, 1.54) is 0 Å². The van der Waals surface area contributed by atoms with Gasteiger partial charge in [0.2, 0.25) is 0 Å². The van der Waals surface area contributed by atoms with Gasteiger partial charge in [-0.25, -0.2) is 14.3 Å². The zero-order valence-corrected chi connectivity index (χ0v) is 19.5. The molecule has 1 saturated carbocycles. The van der Waals surface area contributed by atoms with Crippen LogP contribution in [0.2, 0.25) is 0 Å². The number of nitrogens with one attached hydrogen (secondary N) is 2. The Balaban J connectivity index is 1.56. The Morgan fingerprint density at radius 3 is 2.47 bits per heavy atom. The Kier molecular flexibility index (Phi) is 5.14. The van der Waals surface area contributed by atoms with Crippen LogP contribution in [-0.4, -0.2) is 36.0 Å². The van der Waals surface area contributed by atoms with Crippen LogP contribution < -0.4 is 5.32 Å². The van der Waals surface area contributed by atoms with Crippen molar-refractivity contribution in [1.29, 1.82) is 0 Å². The number of hydrogen-bond acceptors (Lipinski definition) is 4. The van der Waals surface area contributed by atoms with Gasteiger partial charge in [-0.05, 0) is 43.0 Å². The van der Waals surface area contributed by atoms with Gasteiger partial charge in [0, 0.05) is 22.9 Å². The number of carbonyl (C=O) groups is 1. The number of benzene rings is 2. The fourth-order valence-electron chi connectivity index (χ4n) is 4.97. The first-order valence-electron chi connectivity index (χ1n) is 11.8. The average molecular weight is 477 g/mol. The van der Waals surface area contributed by atoms with Crippen molar-refractivity contribution < 1.29 is 9.90 Å². The molecule has 1 aliphatic carbocycles. The molecule has 3 N–H and O–H groups in total. The molecule has 8 nitrogen and oxygen atoms in total. The van der Waals surface area contributed by atoms with Crippen LogP contribution in [0.4, 0.5) is 4.79 Å². The van der Waals surface area contributed by atoms with E-state index in [2.05, 4.69) is 22.1 Å². The van der Waals surface area contributed by atoms with Crippen LogP contribution in [0, 0.1) is 0 Å². The molecule has 1 amide bonds. The highest BCUT2D eigenvalue weighted by molar-refractivity contribution is 5.87. The Labute approximate surface area is 207 Å². The van der Waals surface area contributed by atoms with Gasteiger partial charge in [0.1, 0.15) is 5.69 Å². The minimum absolute atomic E-state index is 0.514. The molecular weight excluding hydrogens is 452 g/mol.